The average Bonchev–Trinajstić information content (AvgIpc) is 3.04. The van der Waals surface area contributed by atoms with Crippen LogP contribution >= 0.6 is 0 Å². The van der Waals surface area contributed by atoms with Crippen molar-refractivity contribution in [1.82, 2.24) is 18.6 Å². The van der Waals surface area contributed by atoms with Gasteiger partial charge in [0, 0.05) is 50.7 Å². The molecule has 0 radical (unpaired) electrons. The monoisotopic (exact) mass is 513 g/mol. The third-order valence-corrected chi connectivity index (χ3v) is 11.0. The number of aromatic nitrogens is 2. The molecule has 1 saturated heterocycles. The van der Waals surface area contributed by atoms with Crippen LogP contribution in [0.15, 0.2) is 76.8 Å². The first-order valence-electron chi connectivity index (χ1n) is 11.6. The van der Waals surface area contributed by atoms with Gasteiger partial charge < -0.3 is 4.90 Å². The van der Waals surface area contributed by atoms with E-state index >= 15 is 0 Å². The van der Waals surface area contributed by atoms with Crippen LogP contribution in [0.25, 0.3) is 11.1 Å². The zero-order valence-corrected chi connectivity index (χ0v) is 20.8. The van der Waals surface area contributed by atoms with Crippen molar-refractivity contribution in [2.45, 2.75) is 22.6 Å². The lowest BCUT2D eigenvalue weighted by molar-refractivity contribution is 0.251. The summed E-state index contributed by atoms with van der Waals surface area (Å²) in [6, 6.07) is 15.8. The van der Waals surface area contributed by atoms with Crippen molar-refractivity contribution < 1.29 is 16.8 Å². The zero-order chi connectivity index (χ0) is 24.5. The predicted octanol–water partition coefficient (Wildman–Crippen LogP) is 2.44. The molecule has 2 aromatic carbocycles. The Morgan fingerprint density at radius 2 is 1.20 bits per heavy atom. The number of hydrogen-bond donors (Lipinski definition) is 0. The number of fused-ring (bicyclic) bond motifs is 1. The first kappa shape index (κ1) is 23.9. The molecule has 2 aliphatic rings. The summed E-state index contributed by atoms with van der Waals surface area (Å²) >= 11 is 0. The Labute approximate surface area is 206 Å². The standard InChI is InChI=1S/C24H27N5O4S2/c30-34(31)22-10-4-5-11-23(22)35(32,33)29(34)13-7-6-12-27-14-16-28(17-15-27)24-25-18-21(19-26-24)20-8-2-1-3-9-20/h1-5,8-11,18-19H,6-7,12-17H2. The summed E-state index contributed by atoms with van der Waals surface area (Å²) in [6.07, 6.45) is 4.88. The summed E-state index contributed by atoms with van der Waals surface area (Å²) in [5.74, 6) is 0.716. The fourth-order valence-corrected chi connectivity index (χ4v) is 8.95. The maximum absolute atomic E-state index is 12.7. The second-order valence-electron chi connectivity index (χ2n) is 8.63. The molecule has 3 heterocycles. The largest absolute Gasteiger partial charge is 0.338 e. The Morgan fingerprint density at radius 3 is 1.80 bits per heavy atom. The molecule has 9 nitrogen and oxygen atoms in total. The number of anilines is 1. The molecule has 184 valence electrons. The molecule has 11 heteroatoms. The molecule has 0 atom stereocenters. The number of unbranched alkanes of at least 4 members (excludes halogenated alkanes) is 1. The molecule has 0 saturated carbocycles. The predicted molar refractivity (Wildman–Crippen MR) is 133 cm³/mol. The number of hydrogen-bond acceptors (Lipinski definition) is 8. The number of sulfonamides is 2. The molecule has 1 fully saturated rings. The summed E-state index contributed by atoms with van der Waals surface area (Å²) in [6.45, 7) is 4.03. The van der Waals surface area contributed by atoms with Gasteiger partial charge in [-0.15, -0.1) is 0 Å². The van der Waals surface area contributed by atoms with Crippen molar-refractivity contribution in [2.24, 2.45) is 0 Å². The molecule has 0 N–H and O–H groups in total. The molecular weight excluding hydrogens is 486 g/mol. The molecule has 0 amide bonds. The molecule has 35 heavy (non-hydrogen) atoms. The van der Waals surface area contributed by atoms with E-state index in [1.54, 1.807) is 0 Å². The van der Waals surface area contributed by atoms with Gasteiger partial charge in [-0.05, 0) is 37.1 Å². The normalized spacial score (nSPS) is 19.5. The van der Waals surface area contributed by atoms with Gasteiger partial charge in [0.05, 0.1) is 0 Å². The van der Waals surface area contributed by atoms with Gasteiger partial charge in [-0.3, -0.25) is 4.90 Å². The van der Waals surface area contributed by atoms with E-state index in [4.69, 9.17) is 0 Å². The number of benzene rings is 2. The van der Waals surface area contributed by atoms with E-state index < -0.39 is 20.0 Å². The van der Waals surface area contributed by atoms with Gasteiger partial charge in [-0.2, -0.15) is 0 Å². The third kappa shape index (κ3) is 4.68. The summed E-state index contributed by atoms with van der Waals surface area (Å²) < 4.78 is 51.4. The van der Waals surface area contributed by atoms with E-state index in [9.17, 15) is 16.8 Å². The molecule has 2 aliphatic heterocycles. The molecule has 0 bridgehead atoms. The van der Waals surface area contributed by atoms with Crippen molar-refractivity contribution >= 4 is 26.0 Å². The van der Waals surface area contributed by atoms with Crippen molar-refractivity contribution in [3.63, 3.8) is 0 Å². The number of rotatable bonds is 7. The molecule has 0 unspecified atom stereocenters. The first-order chi connectivity index (χ1) is 16.9. The first-order valence-corrected chi connectivity index (χ1v) is 14.5. The van der Waals surface area contributed by atoms with Crippen molar-refractivity contribution in [1.29, 1.82) is 0 Å². The van der Waals surface area contributed by atoms with E-state index in [-0.39, 0.29) is 16.3 Å². The van der Waals surface area contributed by atoms with Gasteiger partial charge in [-0.1, -0.05) is 46.2 Å². The van der Waals surface area contributed by atoms with Crippen LogP contribution in [0, 0.1) is 0 Å². The van der Waals surface area contributed by atoms with Gasteiger partial charge >= 0.3 is 0 Å². The fourth-order valence-electron chi connectivity index (χ4n) is 4.48. The van der Waals surface area contributed by atoms with Gasteiger partial charge in [-0.25, -0.2) is 26.8 Å². The van der Waals surface area contributed by atoms with Gasteiger partial charge in [0.25, 0.3) is 20.0 Å². The van der Waals surface area contributed by atoms with Crippen LogP contribution in [0.2, 0.25) is 0 Å². The lowest BCUT2D eigenvalue weighted by Gasteiger charge is -2.34. The van der Waals surface area contributed by atoms with E-state index in [0.717, 1.165) is 43.9 Å². The second-order valence-corrected chi connectivity index (χ2v) is 12.5. The summed E-state index contributed by atoms with van der Waals surface area (Å²) in [5, 5.41) is 0. The second kappa shape index (κ2) is 9.65. The SMILES string of the molecule is O=S1(=O)c2ccccc2S(=O)(=O)N1CCCCN1CCN(c2ncc(-c3ccccc3)cn2)CC1. The number of nitrogens with zero attached hydrogens (tertiary/aromatic N) is 5. The van der Waals surface area contributed by atoms with Gasteiger partial charge in [0.1, 0.15) is 9.79 Å². The van der Waals surface area contributed by atoms with Crippen LogP contribution in [0.4, 0.5) is 5.95 Å². The zero-order valence-electron chi connectivity index (χ0n) is 19.2. The molecular formula is C24H27N5O4S2. The van der Waals surface area contributed by atoms with Crippen LogP contribution in [-0.2, 0) is 20.0 Å². The highest BCUT2D eigenvalue weighted by Gasteiger charge is 2.46. The summed E-state index contributed by atoms with van der Waals surface area (Å²) in [7, 11) is -8.01. The topological polar surface area (TPSA) is 104 Å². The van der Waals surface area contributed by atoms with Crippen LogP contribution in [0.1, 0.15) is 12.8 Å². The van der Waals surface area contributed by atoms with Crippen LogP contribution in [0.3, 0.4) is 0 Å². The van der Waals surface area contributed by atoms with Crippen molar-refractivity contribution in [3.8, 4) is 11.1 Å². The van der Waals surface area contributed by atoms with Crippen LogP contribution < -0.4 is 4.90 Å². The van der Waals surface area contributed by atoms with Crippen LogP contribution in [-0.4, -0.2) is 74.7 Å². The van der Waals surface area contributed by atoms with E-state index in [0.29, 0.717) is 22.5 Å². The quantitative estimate of drug-likeness (QED) is 0.444. The fraction of sp³-hybridized carbons (Fsp3) is 0.333. The van der Waals surface area contributed by atoms with Crippen LogP contribution in [0.5, 0.6) is 0 Å². The summed E-state index contributed by atoms with van der Waals surface area (Å²) in [5.41, 5.74) is 2.07. The smallest absolute Gasteiger partial charge is 0.257 e. The Hall–Kier alpha value is -2.86. The number of piperazine rings is 1. The lowest BCUT2D eigenvalue weighted by Crippen LogP contribution is -2.47. The molecule has 1 aromatic heterocycles. The highest BCUT2D eigenvalue weighted by molar-refractivity contribution is 8.06. The van der Waals surface area contributed by atoms with E-state index in [2.05, 4.69) is 19.8 Å². The minimum Gasteiger partial charge on any atom is -0.338 e. The third-order valence-electron chi connectivity index (χ3n) is 6.41. The molecule has 3 aromatic rings. The maximum Gasteiger partial charge on any atom is 0.257 e. The summed E-state index contributed by atoms with van der Waals surface area (Å²) in [4.78, 5) is 13.3. The minimum atomic E-state index is -4.01. The Bertz CT molecular complexity index is 1340. The highest BCUT2D eigenvalue weighted by atomic mass is 32.3. The van der Waals surface area contributed by atoms with Crippen molar-refractivity contribution in [3.05, 3.63) is 67.0 Å². The lowest BCUT2D eigenvalue weighted by atomic mass is 10.1. The molecule has 0 spiro atoms. The van der Waals surface area contributed by atoms with Crippen molar-refractivity contribution in [2.75, 3.05) is 44.2 Å². The molecule has 0 aliphatic carbocycles. The highest BCUT2D eigenvalue weighted by Crippen LogP contribution is 2.36. The van der Waals surface area contributed by atoms with E-state index in [1.807, 2.05) is 42.7 Å². The maximum atomic E-state index is 12.7. The Kier molecular flexibility index (Phi) is 6.58. The van der Waals surface area contributed by atoms with Gasteiger partial charge in [0.15, 0.2) is 0 Å². The average molecular weight is 514 g/mol. The minimum absolute atomic E-state index is 0.0408. The van der Waals surface area contributed by atoms with E-state index in [1.165, 1.54) is 24.3 Å². The molecule has 5 rings (SSSR count). The Balaban J connectivity index is 1.10. The van der Waals surface area contributed by atoms with Gasteiger partial charge in [0.2, 0.25) is 5.95 Å². The Morgan fingerprint density at radius 1 is 0.657 bits per heavy atom.